The maximum atomic E-state index is 14.4. The highest BCUT2D eigenvalue weighted by molar-refractivity contribution is 6.19. The largest absolute Gasteiger partial charge is 0.274 e. The standard InChI is InChI=1S/C27H23FN4O2/c1-4-12-31-26(33)22(18(3)23(15-29)27(31)34)13-20-16-32(21-8-6-5-7-9-21)30-25(20)19-11-10-17(2)24(28)14-19/h5-11,13-14,16H,4,12H2,1-3H3/b22-13+. The van der Waals surface area contributed by atoms with Gasteiger partial charge in [-0.2, -0.15) is 10.4 Å². The highest BCUT2D eigenvalue weighted by Crippen LogP contribution is 2.31. The third-order valence-corrected chi connectivity index (χ3v) is 5.78. The fourth-order valence-electron chi connectivity index (χ4n) is 3.88. The number of hydrogen-bond donors (Lipinski definition) is 0. The third-order valence-electron chi connectivity index (χ3n) is 5.78. The van der Waals surface area contributed by atoms with Gasteiger partial charge >= 0.3 is 0 Å². The summed E-state index contributed by atoms with van der Waals surface area (Å²) >= 11 is 0. The van der Waals surface area contributed by atoms with E-state index in [-0.39, 0.29) is 23.5 Å². The van der Waals surface area contributed by atoms with Crippen LogP contribution >= 0.6 is 0 Å². The van der Waals surface area contributed by atoms with Crippen molar-refractivity contribution in [3.63, 3.8) is 0 Å². The molecule has 2 aromatic carbocycles. The van der Waals surface area contributed by atoms with Crippen LogP contribution in [0.4, 0.5) is 4.39 Å². The summed E-state index contributed by atoms with van der Waals surface area (Å²) in [6.45, 7) is 5.35. The van der Waals surface area contributed by atoms with E-state index in [2.05, 4.69) is 5.10 Å². The first-order chi connectivity index (χ1) is 16.3. The van der Waals surface area contributed by atoms with E-state index in [1.165, 1.54) is 6.07 Å². The topological polar surface area (TPSA) is 79.0 Å². The highest BCUT2D eigenvalue weighted by atomic mass is 19.1. The van der Waals surface area contributed by atoms with Crippen molar-refractivity contribution in [2.45, 2.75) is 27.2 Å². The summed E-state index contributed by atoms with van der Waals surface area (Å²) in [4.78, 5) is 27.0. The first-order valence-corrected chi connectivity index (χ1v) is 11.0. The van der Waals surface area contributed by atoms with Crippen molar-refractivity contribution < 1.29 is 14.0 Å². The van der Waals surface area contributed by atoms with Crippen LogP contribution in [0.3, 0.4) is 0 Å². The van der Waals surface area contributed by atoms with Crippen LogP contribution in [0.2, 0.25) is 0 Å². The molecule has 2 amide bonds. The molecule has 2 heterocycles. The number of amides is 2. The molecule has 3 aromatic rings. The number of para-hydroxylation sites is 1. The smallest absolute Gasteiger partial charge is 0.271 e. The number of carbonyl (C=O) groups excluding carboxylic acids is 2. The van der Waals surface area contributed by atoms with Gasteiger partial charge in [-0.3, -0.25) is 14.5 Å². The monoisotopic (exact) mass is 454 g/mol. The van der Waals surface area contributed by atoms with Crippen LogP contribution in [0.15, 0.2) is 71.4 Å². The number of imide groups is 1. The van der Waals surface area contributed by atoms with Crippen LogP contribution in [0.5, 0.6) is 0 Å². The zero-order valence-electron chi connectivity index (χ0n) is 19.2. The summed E-state index contributed by atoms with van der Waals surface area (Å²) < 4.78 is 16.1. The van der Waals surface area contributed by atoms with Crippen molar-refractivity contribution in [2.75, 3.05) is 6.54 Å². The molecule has 0 fully saturated rings. The van der Waals surface area contributed by atoms with Gasteiger partial charge in [0.2, 0.25) is 0 Å². The van der Waals surface area contributed by atoms with Crippen LogP contribution < -0.4 is 0 Å². The van der Waals surface area contributed by atoms with E-state index >= 15 is 0 Å². The van der Waals surface area contributed by atoms with Crippen molar-refractivity contribution >= 4 is 17.9 Å². The van der Waals surface area contributed by atoms with Crippen molar-refractivity contribution in [1.82, 2.24) is 14.7 Å². The Morgan fingerprint density at radius 3 is 2.47 bits per heavy atom. The van der Waals surface area contributed by atoms with E-state index in [4.69, 9.17) is 0 Å². The Balaban J connectivity index is 1.94. The predicted octanol–water partition coefficient (Wildman–Crippen LogP) is 4.99. The molecule has 0 saturated carbocycles. The van der Waals surface area contributed by atoms with E-state index in [9.17, 15) is 19.2 Å². The van der Waals surface area contributed by atoms with E-state index in [0.29, 0.717) is 34.4 Å². The minimum atomic E-state index is -0.579. The number of rotatable bonds is 5. The number of aromatic nitrogens is 2. The van der Waals surface area contributed by atoms with Gasteiger partial charge in [0.1, 0.15) is 23.2 Å². The van der Waals surface area contributed by atoms with Crippen molar-refractivity contribution in [2.24, 2.45) is 0 Å². The Hall–Kier alpha value is -4.31. The van der Waals surface area contributed by atoms with Gasteiger partial charge in [0.25, 0.3) is 11.8 Å². The lowest BCUT2D eigenvalue weighted by molar-refractivity contribution is -0.140. The molecule has 0 atom stereocenters. The number of carbonyl (C=O) groups is 2. The van der Waals surface area contributed by atoms with Gasteiger partial charge in [0.15, 0.2) is 0 Å². The quantitative estimate of drug-likeness (QED) is 0.402. The number of nitrogens with zero attached hydrogens (tertiary/aromatic N) is 4. The van der Waals surface area contributed by atoms with Crippen LogP contribution in [0.1, 0.15) is 31.4 Å². The molecule has 6 nitrogen and oxygen atoms in total. The molecular weight excluding hydrogens is 431 g/mol. The lowest BCUT2D eigenvalue weighted by atomic mass is 9.93. The van der Waals surface area contributed by atoms with Gasteiger partial charge in [-0.05, 0) is 55.7 Å². The van der Waals surface area contributed by atoms with Crippen LogP contribution in [0.25, 0.3) is 23.0 Å². The Morgan fingerprint density at radius 1 is 1.09 bits per heavy atom. The summed E-state index contributed by atoms with van der Waals surface area (Å²) in [7, 11) is 0. The second-order valence-electron chi connectivity index (χ2n) is 8.11. The van der Waals surface area contributed by atoms with E-state index in [0.717, 1.165) is 10.6 Å². The lowest BCUT2D eigenvalue weighted by Crippen LogP contribution is -2.43. The van der Waals surface area contributed by atoms with Gasteiger partial charge in [-0.25, -0.2) is 9.07 Å². The summed E-state index contributed by atoms with van der Waals surface area (Å²) in [5.41, 5.74) is 3.41. The average molecular weight is 455 g/mol. The van der Waals surface area contributed by atoms with Gasteiger partial charge < -0.3 is 0 Å². The number of hydrogen-bond acceptors (Lipinski definition) is 4. The minimum Gasteiger partial charge on any atom is -0.274 e. The normalized spacial score (nSPS) is 15.3. The SMILES string of the molecule is CCCN1C(=O)C(C#N)=C(C)/C(=C\c2cn(-c3ccccc3)nc2-c2ccc(C)c(F)c2)C1=O. The highest BCUT2D eigenvalue weighted by Gasteiger charge is 2.35. The molecule has 1 aliphatic rings. The molecule has 4 rings (SSSR count). The Bertz CT molecular complexity index is 1390. The predicted molar refractivity (Wildman–Crippen MR) is 127 cm³/mol. The third kappa shape index (κ3) is 4.06. The van der Waals surface area contributed by atoms with Crippen LogP contribution in [-0.4, -0.2) is 33.0 Å². The number of benzene rings is 2. The molecule has 170 valence electrons. The van der Waals surface area contributed by atoms with Gasteiger partial charge in [0, 0.05) is 29.4 Å². The molecule has 1 aromatic heterocycles. The summed E-state index contributed by atoms with van der Waals surface area (Å²) in [5, 5.41) is 14.3. The number of halogens is 1. The molecule has 0 saturated heterocycles. The Labute approximate surface area is 197 Å². The molecule has 0 radical (unpaired) electrons. The second kappa shape index (κ2) is 9.28. The first-order valence-electron chi connectivity index (χ1n) is 11.0. The van der Waals surface area contributed by atoms with E-state index < -0.39 is 11.8 Å². The molecule has 0 unspecified atom stereocenters. The Kier molecular flexibility index (Phi) is 6.24. The molecule has 1 aliphatic heterocycles. The van der Waals surface area contributed by atoms with Crippen LogP contribution in [-0.2, 0) is 9.59 Å². The maximum Gasteiger partial charge on any atom is 0.271 e. The molecular formula is C27H23FN4O2. The minimum absolute atomic E-state index is 0.0577. The molecule has 7 heteroatoms. The van der Waals surface area contributed by atoms with Crippen LogP contribution in [0, 0.1) is 24.1 Å². The fourth-order valence-corrected chi connectivity index (χ4v) is 3.88. The molecule has 0 bridgehead atoms. The second-order valence-corrected chi connectivity index (χ2v) is 8.11. The molecule has 0 spiro atoms. The zero-order chi connectivity index (χ0) is 24.4. The first kappa shape index (κ1) is 22.9. The Morgan fingerprint density at radius 2 is 1.82 bits per heavy atom. The summed E-state index contributed by atoms with van der Waals surface area (Å²) in [6.07, 6.45) is 3.95. The van der Waals surface area contributed by atoms with E-state index in [1.807, 2.05) is 43.3 Å². The fraction of sp³-hybridized carbons (Fsp3) is 0.185. The van der Waals surface area contributed by atoms with E-state index in [1.54, 1.807) is 42.9 Å². The van der Waals surface area contributed by atoms with Crippen molar-refractivity contribution in [3.8, 4) is 23.0 Å². The van der Waals surface area contributed by atoms with Gasteiger partial charge in [-0.1, -0.05) is 37.3 Å². The number of aryl methyl sites for hydroxylation is 1. The maximum absolute atomic E-state index is 14.4. The molecule has 34 heavy (non-hydrogen) atoms. The van der Waals surface area contributed by atoms with Gasteiger partial charge in [0.05, 0.1) is 5.69 Å². The lowest BCUT2D eigenvalue weighted by Gasteiger charge is -2.27. The molecule has 0 N–H and O–H groups in total. The summed E-state index contributed by atoms with van der Waals surface area (Å²) in [5.74, 6) is -1.40. The number of nitriles is 1. The van der Waals surface area contributed by atoms with Crippen molar-refractivity contribution in [3.05, 3.63) is 88.4 Å². The summed E-state index contributed by atoms with van der Waals surface area (Å²) in [6, 6.07) is 16.2. The zero-order valence-corrected chi connectivity index (χ0v) is 19.2. The average Bonchev–Trinajstić information content (AvgIpc) is 3.26. The molecule has 0 aliphatic carbocycles. The van der Waals surface area contributed by atoms with Crippen molar-refractivity contribution in [1.29, 1.82) is 5.26 Å². The van der Waals surface area contributed by atoms with Gasteiger partial charge in [-0.15, -0.1) is 0 Å².